The third kappa shape index (κ3) is 5.00. The van der Waals surface area contributed by atoms with Crippen LogP contribution in [0.4, 0.5) is 0 Å². The number of ether oxygens (including phenoxy) is 1. The van der Waals surface area contributed by atoms with Crippen molar-refractivity contribution in [2.45, 2.75) is 20.4 Å². The Morgan fingerprint density at radius 3 is 2.89 bits per heavy atom. The predicted octanol–water partition coefficient (Wildman–Crippen LogP) is 2.44. The van der Waals surface area contributed by atoms with E-state index < -0.39 is 5.97 Å². The zero-order valence-electron chi connectivity index (χ0n) is 10.8. The van der Waals surface area contributed by atoms with Crippen LogP contribution >= 0.6 is 11.3 Å². The monoisotopic (exact) mass is 269 g/mol. The Labute approximate surface area is 111 Å². The molecule has 5 heteroatoms. The van der Waals surface area contributed by atoms with Gasteiger partial charge in [-0.3, -0.25) is 0 Å². The standard InChI is InChI=1S/C13H19NO3S/c1-9(2)8-17-5-4-14-7-11-6-12(13(15)16)18-10(11)3/h6,14H,1,4-5,7-8H2,2-3H3,(H,15,16). The summed E-state index contributed by atoms with van der Waals surface area (Å²) >= 11 is 1.31. The molecule has 0 amide bonds. The summed E-state index contributed by atoms with van der Waals surface area (Å²) < 4.78 is 5.35. The van der Waals surface area contributed by atoms with Gasteiger partial charge in [0.15, 0.2) is 0 Å². The largest absolute Gasteiger partial charge is 0.477 e. The number of aromatic carboxylic acids is 1. The molecular formula is C13H19NO3S. The van der Waals surface area contributed by atoms with Crippen molar-refractivity contribution in [3.63, 3.8) is 0 Å². The van der Waals surface area contributed by atoms with Gasteiger partial charge in [0.05, 0.1) is 13.2 Å². The first-order valence-corrected chi connectivity index (χ1v) is 6.57. The molecule has 0 fully saturated rings. The Bertz CT molecular complexity index is 426. The molecule has 100 valence electrons. The van der Waals surface area contributed by atoms with Gasteiger partial charge in [0.2, 0.25) is 0 Å². The van der Waals surface area contributed by atoms with Gasteiger partial charge >= 0.3 is 5.97 Å². The van der Waals surface area contributed by atoms with Crippen molar-refractivity contribution in [2.75, 3.05) is 19.8 Å². The second-order valence-corrected chi connectivity index (χ2v) is 5.44. The summed E-state index contributed by atoms with van der Waals surface area (Å²) in [6, 6.07) is 1.73. The summed E-state index contributed by atoms with van der Waals surface area (Å²) in [5.41, 5.74) is 2.05. The van der Waals surface area contributed by atoms with E-state index in [1.807, 2.05) is 13.8 Å². The number of carbonyl (C=O) groups is 1. The number of thiophene rings is 1. The first-order chi connectivity index (χ1) is 8.50. The van der Waals surface area contributed by atoms with E-state index in [0.29, 0.717) is 24.6 Å². The molecule has 0 aromatic carbocycles. The van der Waals surface area contributed by atoms with E-state index in [1.165, 1.54) is 11.3 Å². The van der Waals surface area contributed by atoms with E-state index in [4.69, 9.17) is 9.84 Å². The smallest absolute Gasteiger partial charge is 0.345 e. The molecule has 0 spiro atoms. The van der Waals surface area contributed by atoms with E-state index in [0.717, 1.165) is 22.6 Å². The van der Waals surface area contributed by atoms with Crippen LogP contribution in [0, 0.1) is 6.92 Å². The van der Waals surface area contributed by atoms with Crippen molar-refractivity contribution in [3.8, 4) is 0 Å². The number of rotatable bonds is 8. The predicted molar refractivity (Wildman–Crippen MR) is 73.4 cm³/mol. The zero-order chi connectivity index (χ0) is 13.5. The van der Waals surface area contributed by atoms with E-state index in [1.54, 1.807) is 6.07 Å². The molecule has 4 nitrogen and oxygen atoms in total. The lowest BCUT2D eigenvalue weighted by Crippen LogP contribution is -2.19. The van der Waals surface area contributed by atoms with Gasteiger partial charge in [-0.25, -0.2) is 4.79 Å². The third-order valence-corrected chi connectivity index (χ3v) is 3.40. The first kappa shape index (κ1) is 14.9. The lowest BCUT2D eigenvalue weighted by molar-refractivity contribution is 0.0702. The minimum Gasteiger partial charge on any atom is -0.477 e. The van der Waals surface area contributed by atoms with Crippen molar-refractivity contribution < 1.29 is 14.6 Å². The quantitative estimate of drug-likeness (QED) is 0.562. The fourth-order valence-electron chi connectivity index (χ4n) is 1.41. The van der Waals surface area contributed by atoms with E-state index in [9.17, 15) is 4.79 Å². The Morgan fingerprint density at radius 2 is 2.33 bits per heavy atom. The number of carboxylic acid groups (broad SMARTS) is 1. The van der Waals surface area contributed by atoms with Crippen molar-refractivity contribution in [2.24, 2.45) is 0 Å². The molecule has 0 aliphatic carbocycles. The van der Waals surface area contributed by atoms with E-state index in [2.05, 4.69) is 11.9 Å². The number of carboxylic acids is 1. The highest BCUT2D eigenvalue weighted by molar-refractivity contribution is 7.14. The highest BCUT2D eigenvalue weighted by Crippen LogP contribution is 2.21. The fraction of sp³-hybridized carbons (Fsp3) is 0.462. The molecule has 0 aliphatic rings. The van der Waals surface area contributed by atoms with Crippen LogP contribution in [0.2, 0.25) is 0 Å². The SMILES string of the molecule is C=C(C)COCCNCc1cc(C(=O)O)sc1C. The summed E-state index contributed by atoms with van der Waals surface area (Å²) in [6.45, 7) is 10.2. The molecule has 0 atom stereocenters. The van der Waals surface area contributed by atoms with Crippen LogP contribution in [0.3, 0.4) is 0 Å². The summed E-state index contributed by atoms with van der Waals surface area (Å²) in [7, 11) is 0. The molecule has 1 rings (SSSR count). The van der Waals surface area contributed by atoms with Crippen LogP contribution in [0.1, 0.15) is 27.0 Å². The normalized spacial score (nSPS) is 10.6. The van der Waals surface area contributed by atoms with Gasteiger partial charge in [0.25, 0.3) is 0 Å². The van der Waals surface area contributed by atoms with Crippen LogP contribution in [-0.4, -0.2) is 30.8 Å². The molecule has 0 unspecified atom stereocenters. The molecule has 2 N–H and O–H groups in total. The molecule has 1 heterocycles. The third-order valence-electron chi connectivity index (χ3n) is 2.32. The summed E-state index contributed by atoms with van der Waals surface area (Å²) in [6.07, 6.45) is 0. The zero-order valence-corrected chi connectivity index (χ0v) is 11.6. The first-order valence-electron chi connectivity index (χ1n) is 5.76. The average Bonchev–Trinajstić information content (AvgIpc) is 2.65. The van der Waals surface area contributed by atoms with Gasteiger partial charge in [-0.15, -0.1) is 11.3 Å². The average molecular weight is 269 g/mol. The molecule has 1 aromatic heterocycles. The number of hydrogen-bond acceptors (Lipinski definition) is 4. The van der Waals surface area contributed by atoms with Gasteiger partial charge < -0.3 is 15.2 Å². The van der Waals surface area contributed by atoms with Crippen molar-refractivity contribution in [1.82, 2.24) is 5.32 Å². The Balaban J connectivity index is 2.27. The highest BCUT2D eigenvalue weighted by Gasteiger charge is 2.10. The molecule has 0 saturated heterocycles. The second kappa shape index (κ2) is 7.31. The summed E-state index contributed by atoms with van der Waals surface area (Å²) in [5.74, 6) is -0.862. The molecule has 0 radical (unpaired) electrons. The van der Waals surface area contributed by atoms with Gasteiger partial charge in [-0.1, -0.05) is 12.2 Å². The molecule has 0 aliphatic heterocycles. The van der Waals surface area contributed by atoms with Gasteiger partial charge in [-0.05, 0) is 25.5 Å². The van der Waals surface area contributed by atoms with Crippen molar-refractivity contribution in [3.05, 3.63) is 33.5 Å². The lowest BCUT2D eigenvalue weighted by atomic mass is 10.2. The molecule has 0 bridgehead atoms. The second-order valence-electron chi connectivity index (χ2n) is 4.18. The van der Waals surface area contributed by atoms with Crippen molar-refractivity contribution >= 4 is 17.3 Å². The van der Waals surface area contributed by atoms with Gasteiger partial charge in [-0.2, -0.15) is 0 Å². The lowest BCUT2D eigenvalue weighted by Gasteiger charge is -2.05. The van der Waals surface area contributed by atoms with Crippen LogP contribution in [0.25, 0.3) is 0 Å². The van der Waals surface area contributed by atoms with E-state index in [-0.39, 0.29) is 0 Å². The molecule has 18 heavy (non-hydrogen) atoms. The maximum atomic E-state index is 10.8. The van der Waals surface area contributed by atoms with E-state index >= 15 is 0 Å². The maximum absolute atomic E-state index is 10.8. The molecule has 0 saturated carbocycles. The van der Waals surface area contributed by atoms with Crippen LogP contribution in [0.5, 0.6) is 0 Å². The number of hydrogen-bond donors (Lipinski definition) is 2. The minimum atomic E-state index is -0.862. The van der Waals surface area contributed by atoms with Crippen molar-refractivity contribution in [1.29, 1.82) is 0 Å². The topological polar surface area (TPSA) is 58.6 Å². The van der Waals surface area contributed by atoms with Gasteiger partial charge in [0.1, 0.15) is 4.88 Å². The maximum Gasteiger partial charge on any atom is 0.345 e. The fourth-order valence-corrected chi connectivity index (χ4v) is 2.30. The highest BCUT2D eigenvalue weighted by atomic mass is 32.1. The minimum absolute atomic E-state index is 0.392. The Hall–Kier alpha value is -1.17. The molecule has 1 aromatic rings. The summed E-state index contributed by atoms with van der Waals surface area (Å²) in [4.78, 5) is 12.2. The Morgan fingerprint density at radius 1 is 1.61 bits per heavy atom. The molecular weight excluding hydrogens is 250 g/mol. The van der Waals surface area contributed by atoms with Crippen LogP contribution < -0.4 is 5.32 Å². The summed E-state index contributed by atoms with van der Waals surface area (Å²) in [5, 5.41) is 12.1. The van der Waals surface area contributed by atoms with Crippen LogP contribution in [0.15, 0.2) is 18.2 Å². The number of nitrogens with one attached hydrogen (secondary N) is 1. The van der Waals surface area contributed by atoms with Crippen LogP contribution in [-0.2, 0) is 11.3 Å². The number of aryl methyl sites for hydroxylation is 1. The Kier molecular flexibility index (Phi) is 6.04. The van der Waals surface area contributed by atoms with Gasteiger partial charge in [0, 0.05) is 18.0 Å².